The van der Waals surface area contributed by atoms with E-state index >= 15 is 0 Å². The average molecular weight is 823 g/mol. The first-order chi connectivity index (χ1) is 17.4. The third-order valence-corrected chi connectivity index (χ3v) is 6.62. The fraction of sp³-hybridized carbons (Fsp3) is 0.533. The Labute approximate surface area is 325 Å². The topological polar surface area (TPSA) is 24.1 Å². The van der Waals surface area contributed by atoms with Crippen LogP contribution in [0, 0.1) is 0 Å². The van der Waals surface area contributed by atoms with E-state index in [4.69, 9.17) is 24.4 Å². The molecule has 11 heteroatoms. The summed E-state index contributed by atoms with van der Waals surface area (Å²) < 4.78 is 1.08. The van der Waals surface area contributed by atoms with Gasteiger partial charge in [0.2, 0.25) is 0 Å². The van der Waals surface area contributed by atoms with Crippen LogP contribution in [0.3, 0.4) is 0 Å². The molecule has 0 atom stereocenters. The zero-order chi connectivity index (χ0) is 26.8. The fourth-order valence-electron chi connectivity index (χ4n) is 4.23. The molecule has 2 aromatic carbocycles. The molecule has 41 heavy (non-hydrogen) atoms. The van der Waals surface area contributed by atoms with Gasteiger partial charge in [-0.05, 0) is 85.8 Å². The Morgan fingerprint density at radius 1 is 0.561 bits per heavy atom. The quantitative estimate of drug-likeness (QED) is 0.0867. The van der Waals surface area contributed by atoms with Crippen LogP contribution in [0.2, 0.25) is 0 Å². The molecule has 0 unspecified atom stereocenters. The maximum Gasteiger partial charge on any atom is 2.00 e. The third-order valence-electron chi connectivity index (χ3n) is 6.19. The van der Waals surface area contributed by atoms with Crippen molar-refractivity contribution < 1.29 is 58.4 Å². The Bertz CT molecular complexity index is 873. The molecule has 0 aliphatic carbocycles. The molecule has 0 bridgehead atoms. The van der Waals surface area contributed by atoms with Crippen LogP contribution in [0.15, 0.2) is 36.4 Å². The number of unbranched alkanes of at least 4 members (excludes halogenated alkanes) is 4. The summed E-state index contributed by atoms with van der Waals surface area (Å²) in [5.74, 6) is 0. The standard InChI is InChI=1S/2C15H23NS2.2S.3Zn/c2*1-3-5-8-12-9-7-11-14(16-15(17)18)13(12)10-6-4-2;;;;;/h2*7,9,11H,3-6,8,10H2,1-2H3,(H2,16,17,18);;;;;/q;;2*-2;3*+2. The van der Waals surface area contributed by atoms with Crippen molar-refractivity contribution in [3.8, 4) is 0 Å². The van der Waals surface area contributed by atoms with Crippen LogP contribution in [0.25, 0.3) is 0 Å². The zero-order valence-corrected chi connectivity index (χ0v) is 39.6. The van der Waals surface area contributed by atoms with Crippen LogP contribution in [0.4, 0.5) is 11.4 Å². The molecular formula is C30H46N2S6Zn3+2. The van der Waals surface area contributed by atoms with Crippen molar-refractivity contribution in [3.63, 3.8) is 0 Å². The molecule has 2 rings (SSSR count). The zero-order valence-electron chi connectivity index (χ0n) is 25.6. The number of nitrogens with one attached hydrogen (secondary N) is 2. The SMILES string of the molecule is CCCCc1cccc(NC(=S)S)c1CCCC.CCCCc1cccc(NC(=S)S)c1CCCC.[S-2].[S-2].[Zn+2].[Zn+2].[Zn+2]. The van der Waals surface area contributed by atoms with Gasteiger partial charge in [0.25, 0.3) is 0 Å². The van der Waals surface area contributed by atoms with Crippen molar-refractivity contribution in [2.24, 2.45) is 0 Å². The maximum atomic E-state index is 5.03. The second-order valence-electron chi connectivity index (χ2n) is 9.16. The number of hydrogen-bond donors (Lipinski definition) is 4. The number of hydrogen-bond acceptors (Lipinski definition) is 2. The van der Waals surface area contributed by atoms with E-state index in [1.54, 1.807) is 0 Å². The van der Waals surface area contributed by atoms with Crippen molar-refractivity contribution in [2.45, 2.75) is 105 Å². The summed E-state index contributed by atoms with van der Waals surface area (Å²) in [6.45, 7) is 8.92. The third kappa shape index (κ3) is 22.6. The first-order valence-electron chi connectivity index (χ1n) is 13.6. The van der Waals surface area contributed by atoms with Gasteiger partial charge in [-0.25, -0.2) is 0 Å². The summed E-state index contributed by atoms with van der Waals surface area (Å²) in [4.78, 5) is 0. The predicted molar refractivity (Wildman–Crippen MR) is 192 cm³/mol. The number of anilines is 2. The minimum atomic E-state index is 0. The van der Waals surface area contributed by atoms with E-state index in [1.165, 1.54) is 73.6 Å². The first-order valence-corrected chi connectivity index (χ1v) is 15.3. The summed E-state index contributed by atoms with van der Waals surface area (Å²) >= 11 is 18.4. The van der Waals surface area contributed by atoms with E-state index in [0.717, 1.165) is 37.1 Å². The smallest absolute Gasteiger partial charge is 2.00 e. The summed E-state index contributed by atoms with van der Waals surface area (Å²) in [6.07, 6.45) is 14.4. The minimum Gasteiger partial charge on any atom is -2.00 e. The van der Waals surface area contributed by atoms with Crippen LogP contribution in [-0.2, 0) is 111 Å². The van der Waals surface area contributed by atoms with E-state index in [1.807, 2.05) is 0 Å². The van der Waals surface area contributed by atoms with Gasteiger partial charge in [0.05, 0.1) is 0 Å². The van der Waals surface area contributed by atoms with Crippen molar-refractivity contribution >= 4 is 96.7 Å². The summed E-state index contributed by atoms with van der Waals surface area (Å²) in [5.41, 5.74) is 8.03. The molecule has 216 valence electrons. The Morgan fingerprint density at radius 2 is 0.854 bits per heavy atom. The van der Waals surface area contributed by atoms with Gasteiger partial charge in [0, 0.05) is 11.4 Å². The van der Waals surface area contributed by atoms with Crippen LogP contribution < -0.4 is 10.6 Å². The van der Waals surface area contributed by atoms with Crippen LogP contribution in [0.1, 0.15) is 101 Å². The molecule has 0 heterocycles. The van der Waals surface area contributed by atoms with E-state index in [0.29, 0.717) is 8.64 Å². The molecule has 2 N–H and O–H groups in total. The van der Waals surface area contributed by atoms with E-state index < -0.39 is 0 Å². The number of aryl methyl sites for hydroxylation is 2. The Balaban J connectivity index is -0.000000188. The summed E-state index contributed by atoms with van der Waals surface area (Å²) in [7, 11) is 0. The summed E-state index contributed by atoms with van der Waals surface area (Å²) in [6, 6.07) is 12.9. The van der Waals surface area contributed by atoms with Gasteiger partial charge in [0.1, 0.15) is 8.64 Å². The van der Waals surface area contributed by atoms with Crippen molar-refractivity contribution in [1.82, 2.24) is 0 Å². The molecule has 0 aromatic heterocycles. The molecule has 0 spiro atoms. The van der Waals surface area contributed by atoms with E-state index in [-0.39, 0.29) is 85.4 Å². The number of thiocarbonyl (C=S) groups is 2. The Hall–Kier alpha value is 1.49. The second kappa shape index (κ2) is 32.9. The Morgan fingerprint density at radius 3 is 1.12 bits per heavy atom. The van der Waals surface area contributed by atoms with Gasteiger partial charge < -0.3 is 37.6 Å². The number of rotatable bonds is 14. The second-order valence-corrected chi connectivity index (χ2v) is 11.5. The maximum absolute atomic E-state index is 5.03. The van der Waals surface area contributed by atoms with Crippen molar-refractivity contribution in [2.75, 3.05) is 10.6 Å². The number of benzene rings is 2. The average Bonchev–Trinajstić information content (AvgIpc) is 2.84. The van der Waals surface area contributed by atoms with Crippen molar-refractivity contribution in [3.05, 3.63) is 58.7 Å². The molecule has 0 saturated heterocycles. The predicted octanol–water partition coefficient (Wildman–Crippen LogP) is 9.98. The summed E-state index contributed by atoms with van der Waals surface area (Å²) in [5, 5.41) is 6.39. The number of thiol groups is 2. The van der Waals surface area contributed by atoms with Crippen LogP contribution in [-0.4, -0.2) is 8.64 Å². The fourth-order valence-corrected chi connectivity index (χ4v) is 4.70. The molecule has 2 aromatic rings. The molecule has 0 aliphatic rings. The normalized spacial score (nSPS) is 9.12. The van der Waals surface area contributed by atoms with Crippen molar-refractivity contribution in [1.29, 1.82) is 0 Å². The first kappa shape index (κ1) is 52.0. The van der Waals surface area contributed by atoms with E-state index in [2.05, 4.69) is 100.0 Å². The molecule has 0 fully saturated rings. The molecule has 0 aliphatic heterocycles. The monoisotopic (exact) mass is 818 g/mol. The molecule has 2 nitrogen and oxygen atoms in total. The van der Waals surface area contributed by atoms with E-state index in [9.17, 15) is 0 Å². The van der Waals surface area contributed by atoms with Gasteiger partial charge in [0.15, 0.2) is 0 Å². The Kier molecular flexibility index (Phi) is 41.7. The minimum absolute atomic E-state index is 0. The van der Waals surface area contributed by atoms with Gasteiger partial charge in [-0.15, -0.1) is 25.3 Å². The molecule has 0 amide bonds. The van der Waals surface area contributed by atoms with Crippen LogP contribution >= 0.6 is 49.7 Å². The van der Waals surface area contributed by atoms with Gasteiger partial charge in [-0.2, -0.15) is 0 Å². The van der Waals surface area contributed by atoms with Gasteiger partial charge in [-0.3, -0.25) is 0 Å². The van der Waals surface area contributed by atoms with Gasteiger partial charge in [-0.1, -0.05) is 102 Å². The van der Waals surface area contributed by atoms with Gasteiger partial charge >= 0.3 is 58.4 Å². The largest absolute Gasteiger partial charge is 2.00 e. The van der Waals surface area contributed by atoms with Crippen LogP contribution in [0.5, 0.6) is 0 Å². The molecular weight excluding hydrogens is 777 g/mol. The molecule has 0 saturated carbocycles. The molecule has 0 radical (unpaired) electrons.